The predicted octanol–water partition coefficient (Wildman–Crippen LogP) is 5.36. The van der Waals surface area contributed by atoms with Crippen LogP contribution in [0.5, 0.6) is 0 Å². The van der Waals surface area contributed by atoms with Crippen LogP contribution < -0.4 is 5.63 Å². The smallest absolute Gasteiger partial charge is 0.348 e. The average molecular weight is 381 g/mol. The molecule has 26 heavy (non-hydrogen) atoms. The standard InChI is InChI=1S/C20H13ClN2O2S/c1-12-7-9-13(10-8-12)26-19-14(4-3-11-22-19)18-23-16-6-2-5-15(21)17(16)20(24)25-18/h2-11H,1H3. The summed E-state index contributed by atoms with van der Waals surface area (Å²) >= 11 is 7.59. The van der Waals surface area contributed by atoms with Gasteiger partial charge in [-0.1, -0.05) is 47.1 Å². The van der Waals surface area contributed by atoms with Gasteiger partial charge >= 0.3 is 5.63 Å². The predicted molar refractivity (Wildman–Crippen MR) is 104 cm³/mol. The second-order valence-corrected chi connectivity index (χ2v) is 7.18. The summed E-state index contributed by atoms with van der Waals surface area (Å²) in [5, 5.41) is 1.33. The zero-order valence-electron chi connectivity index (χ0n) is 13.8. The van der Waals surface area contributed by atoms with E-state index in [1.807, 2.05) is 37.3 Å². The Labute approximate surface area is 158 Å². The number of aryl methyl sites for hydroxylation is 1. The second kappa shape index (κ2) is 6.94. The second-order valence-electron chi connectivity index (χ2n) is 5.71. The Kier molecular flexibility index (Phi) is 4.49. The number of benzene rings is 2. The van der Waals surface area contributed by atoms with Crippen LogP contribution in [0.3, 0.4) is 0 Å². The third kappa shape index (κ3) is 3.23. The summed E-state index contributed by atoms with van der Waals surface area (Å²) in [5.41, 5.74) is 1.84. The third-order valence-corrected chi connectivity index (χ3v) is 5.19. The van der Waals surface area contributed by atoms with E-state index in [2.05, 4.69) is 9.97 Å². The number of nitrogens with zero attached hydrogens (tertiary/aromatic N) is 2. The number of halogens is 1. The zero-order valence-corrected chi connectivity index (χ0v) is 15.3. The fourth-order valence-corrected chi connectivity index (χ4v) is 3.67. The van der Waals surface area contributed by atoms with Gasteiger partial charge in [0.25, 0.3) is 0 Å². The van der Waals surface area contributed by atoms with Crippen molar-refractivity contribution in [3.63, 3.8) is 0 Å². The van der Waals surface area contributed by atoms with E-state index in [1.165, 1.54) is 17.3 Å². The van der Waals surface area contributed by atoms with E-state index in [-0.39, 0.29) is 11.3 Å². The Balaban J connectivity index is 1.83. The number of aromatic nitrogens is 2. The molecule has 2 heterocycles. The minimum Gasteiger partial charge on any atom is -0.403 e. The summed E-state index contributed by atoms with van der Waals surface area (Å²) in [4.78, 5) is 22.3. The molecule has 0 saturated carbocycles. The van der Waals surface area contributed by atoms with Crippen LogP contribution in [0.15, 0.2) is 79.9 Å². The van der Waals surface area contributed by atoms with Gasteiger partial charge in [-0.05, 0) is 43.3 Å². The van der Waals surface area contributed by atoms with Crippen molar-refractivity contribution < 1.29 is 4.42 Å². The first-order valence-electron chi connectivity index (χ1n) is 7.91. The molecule has 0 fully saturated rings. The van der Waals surface area contributed by atoms with Crippen molar-refractivity contribution in [3.8, 4) is 11.5 Å². The molecule has 0 atom stereocenters. The van der Waals surface area contributed by atoms with Gasteiger partial charge in [-0.3, -0.25) is 0 Å². The lowest BCUT2D eigenvalue weighted by molar-refractivity contribution is 0.516. The van der Waals surface area contributed by atoms with Crippen molar-refractivity contribution in [1.82, 2.24) is 9.97 Å². The molecule has 0 saturated heterocycles. The molecule has 0 bridgehead atoms. The summed E-state index contributed by atoms with van der Waals surface area (Å²) in [6.45, 7) is 2.04. The van der Waals surface area contributed by atoms with Crippen molar-refractivity contribution in [2.24, 2.45) is 0 Å². The molecule has 0 aliphatic heterocycles. The van der Waals surface area contributed by atoms with Crippen LogP contribution in [0.2, 0.25) is 5.02 Å². The number of rotatable bonds is 3. The van der Waals surface area contributed by atoms with Gasteiger partial charge < -0.3 is 4.42 Å². The number of hydrogen-bond acceptors (Lipinski definition) is 5. The van der Waals surface area contributed by atoms with E-state index >= 15 is 0 Å². The maximum atomic E-state index is 12.4. The van der Waals surface area contributed by atoms with E-state index < -0.39 is 5.63 Å². The molecule has 4 nitrogen and oxygen atoms in total. The maximum Gasteiger partial charge on any atom is 0.348 e. The van der Waals surface area contributed by atoms with Crippen LogP contribution in [-0.2, 0) is 0 Å². The molecule has 0 aliphatic rings. The highest BCUT2D eigenvalue weighted by Crippen LogP contribution is 2.34. The molecule has 2 aromatic carbocycles. The van der Waals surface area contributed by atoms with Crippen LogP contribution in [0.4, 0.5) is 0 Å². The lowest BCUT2D eigenvalue weighted by Gasteiger charge is -2.08. The molecule has 6 heteroatoms. The summed E-state index contributed by atoms with van der Waals surface area (Å²) < 4.78 is 5.45. The van der Waals surface area contributed by atoms with Crippen molar-refractivity contribution in [2.45, 2.75) is 16.8 Å². The maximum absolute atomic E-state index is 12.4. The van der Waals surface area contributed by atoms with Gasteiger partial charge in [0.05, 0.1) is 16.1 Å². The lowest BCUT2D eigenvalue weighted by Crippen LogP contribution is -2.04. The van der Waals surface area contributed by atoms with Gasteiger partial charge in [0.1, 0.15) is 10.4 Å². The highest BCUT2D eigenvalue weighted by Gasteiger charge is 2.15. The highest BCUT2D eigenvalue weighted by molar-refractivity contribution is 7.99. The van der Waals surface area contributed by atoms with Crippen molar-refractivity contribution in [1.29, 1.82) is 0 Å². The van der Waals surface area contributed by atoms with E-state index in [0.29, 0.717) is 21.1 Å². The highest BCUT2D eigenvalue weighted by atomic mass is 35.5. The largest absolute Gasteiger partial charge is 0.403 e. The van der Waals surface area contributed by atoms with Crippen LogP contribution in [-0.4, -0.2) is 9.97 Å². The Morgan fingerprint density at radius 2 is 1.85 bits per heavy atom. The quantitative estimate of drug-likeness (QED) is 0.478. The summed E-state index contributed by atoms with van der Waals surface area (Å²) in [7, 11) is 0. The first-order chi connectivity index (χ1) is 12.6. The molecule has 4 aromatic rings. The Bertz CT molecular complexity index is 1160. The van der Waals surface area contributed by atoms with Gasteiger partial charge in [-0.15, -0.1) is 0 Å². The molecular formula is C20H13ClN2O2S. The van der Waals surface area contributed by atoms with Crippen molar-refractivity contribution in [2.75, 3.05) is 0 Å². The van der Waals surface area contributed by atoms with Crippen LogP contribution in [0.1, 0.15) is 5.56 Å². The van der Waals surface area contributed by atoms with Crippen molar-refractivity contribution >= 4 is 34.3 Å². The third-order valence-electron chi connectivity index (χ3n) is 3.84. The van der Waals surface area contributed by atoms with Gasteiger partial charge in [0, 0.05) is 11.1 Å². The van der Waals surface area contributed by atoms with E-state index in [4.69, 9.17) is 16.0 Å². The van der Waals surface area contributed by atoms with Gasteiger partial charge in [0.2, 0.25) is 5.89 Å². The molecular weight excluding hydrogens is 368 g/mol. The number of hydrogen-bond donors (Lipinski definition) is 0. The van der Waals surface area contributed by atoms with Crippen molar-refractivity contribution in [3.05, 3.63) is 81.8 Å². The molecule has 128 valence electrons. The number of fused-ring (bicyclic) bond motifs is 1. The molecule has 4 rings (SSSR count). The molecule has 0 amide bonds. The van der Waals surface area contributed by atoms with Crippen LogP contribution in [0, 0.1) is 6.92 Å². The van der Waals surface area contributed by atoms with E-state index in [1.54, 1.807) is 30.5 Å². The Hall–Kier alpha value is -2.63. The first kappa shape index (κ1) is 16.8. The van der Waals surface area contributed by atoms with Crippen LogP contribution >= 0.6 is 23.4 Å². The average Bonchev–Trinajstić information content (AvgIpc) is 2.64. The zero-order chi connectivity index (χ0) is 18.1. The minimum atomic E-state index is -0.509. The molecule has 0 spiro atoms. The SMILES string of the molecule is Cc1ccc(Sc2ncccc2-c2nc3cccc(Cl)c3c(=O)o2)cc1. The fourth-order valence-electron chi connectivity index (χ4n) is 2.55. The first-order valence-corrected chi connectivity index (χ1v) is 9.10. The monoisotopic (exact) mass is 380 g/mol. The minimum absolute atomic E-state index is 0.229. The summed E-state index contributed by atoms with van der Waals surface area (Å²) in [6.07, 6.45) is 1.70. The fraction of sp³-hybridized carbons (Fsp3) is 0.0500. The van der Waals surface area contributed by atoms with Gasteiger partial charge in [-0.25, -0.2) is 14.8 Å². The summed E-state index contributed by atoms with van der Waals surface area (Å²) in [6, 6.07) is 16.9. The Morgan fingerprint density at radius 3 is 2.65 bits per heavy atom. The molecule has 0 N–H and O–H groups in total. The van der Waals surface area contributed by atoms with Gasteiger partial charge in [-0.2, -0.15) is 0 Å². The lowest BCUT2D eigenvalue weighted by atomic mass is 10.2. The molecule has 0 radical (unpaired) electrons. The molecule has 2 aromatic heterocycles. The van der Waals surface area contributed by atoms with E-state index in [0.717, 1.165) is 4.90 Å². The summed E-state index contributed by atoms with van der Waals surface area (Å²) in [5.74, 6) is 0.229. The van der Waals surface area contributed by atoms with Gasteiger partial charge in [0.15, 0.2) is 0 Å². The van der Waals surface area contributed by atoms with E-state index in [9.17, 15) is 4.79 Å². The van der Waals surface area contributed by atoms with Crippen LogP contribution in [0.25, 0.3) is 22.4 Å². The topological polar surface area (TPSA) is 56.0 Å². The normalized spacial score (nSPS) is 11.0. The number of pyridine rings is 1. The Morgan fingerprint density at radius 1 is 1.04 bits per heavy atom. The molecule has 0 unspecified atom stereocenters. The molecule has 0 aliphatic carbocycles.